The smallest absolute Gasteiger partial charge is 0.387 e. The predicted molar refractivity (Wildman–Crippen MR) is 127 cm³/mol. The molecule has 8 heteroatoms. The zero-order valence-corrected chi connectivity index (χ0v) is 19.3. The summed E-state index contributed by atoms with van der Waals surface area (Å²) in [6.45, 7) is 0.322. The van der Waals surface area contributed by atoms with Gasteiger partial charge in [-0.3, -0.25) is 9.69 Å². The van der Waals surface area contributed by atoms with E-state index in [1.54, 1.807) is 0 Å². The Hall–Kier alpha value is -3.44. The molecule has 1 amide bonds. The molecule has 180 valence electrons. The molecule has 3 aliphatic rings. The lowest BCUT2D eigenvalue weighted by atomic mass is 9.97. The van der Waals surface area contributed by atoms with Crippen LogP contribution in [-0.2, 0) is 0 Å². The summed E-state index contributed by atoms with van der Waals surface area (Å²) in [5, 5.41) is 0. The Bertz CT molecular complexity index is 1500. The maximum absolute atomic E-state index is 13.5. The van der Waals surface area contributed by atoms with Crippen molar-refractivity contribution in [1.29, 1.82) is 0 Å². The van der Waals surface area contributed by atoms with Crippen molar-refractivity contribution in [3.05, 3.63) is 58.9 Å². The number of fused-ring (bicyclic) bond motifs is 9. The molecular formula is C27H26F2N4O2. The first-order chi connectivity index (χ1) is 18.0. The largest absolute Gasteiger partial charge is 0.434 e. The van der Waals surface area contributed by atoms with Crippen LogP contribution in [0.4, 0.5) is 8.78 Å². The molecule has 1 saturated heterocycles. The fourth-order valence-corrected chi connectivity index (χ4v) is 5.40. The monoisotopic (exact) mass is 479 g/mol. The first-order valence-electron chi connectivity index (χ1n) is 13.2. The first kappa shape index (κ1) is 18.8. The number of ether oxygens (including phenoxy) is 1. The van der Waals surface area contributed by atoms with Crippen molar-refractivity contribution >= 4 is 16.9 Å². The lowest BCUT2D eigenvalue weighted by molar-refractivity contribution is -0.0507. The number of imidazole rings is 1. The van der Waals surface area contributed by atoms with Crippen molar-refractivity contribution in [1.82, 2.24) is 19.4 Å². The van der Waals surface area contributed by atoms with Crippen molar-refractivity contribution in [3.8, 4) is 17.6 Å². The number of aromatic nitrogens is 2. The van der Waals surface area contributed by atoms with Crippen LogP contribution in [0.5, 0.6) is 5.75 Å². The van der Waals surface area contributed by atoms with Crippen LogP contribution >= 0.6 is 0 Å². The van der Waals surface area contributed by atoms with E-state index in [1.165, 1.54) is 18.2 Å². The lowest BCUT2D eigenvalue weighted by Crippen LogP contribution is -2.49. The van der Waals surface area contributed by atoms with Crippen LogP contribution in [0.25, 0.3) is 11.0 Å². The van der Waals surface area contributed by atoms with Gasteiger partial charge in [0.25, 0.3) is 5.91 Å². The van der Waals surface area contributed by atoms with Crippen molar-refractivity contribution in [3.63, 3.8) is 0 Å². The highest BCUT2D eigenvalue weighted by atomic mass is 19.3. The number of rotatable bonds is 3. The van der Waals surface area contributed by atoms with Crippen molar-refractivity contribution in [2.24, 2.45) is 5.92 Å². The van der Waals surface area contributed by atoms with Gasteiger partial charge in [-0.1, -0.05) is 17.9 Å². The Morgan fingerprint density at radius 2 is 2.03 bits per heavy atom. The molecular weight excluding hydrogens is 450 g/mol. The van der Waals surface area contributed by atoms with Gasteiger partial charge in [-0.05, 0) is 44.2 Å². The SMILES string of the molecule is [2H]C([2H])([2H])N1C(=O)c2cccc(OC(F)F)c2[C@H]2C[C@@H]1c1nc3ccc(C#CC4CN(C(C)C)C4)cc3n12. The maximum atomic E-state index is 13.5. The second-order valence-electron chi connectivity index (χ2n) is 9.60. The number of benzene rings is 2. The molecule has 0 spiro atoms. The van der Waals surface area contributed by atoms with Gasteiger partial charge in [-0.15, -0.1) is 0 Å². The van der Waals surface area contributed by atoms with Gasteiger partial charge in [-0.25, -0.2) is 4.98 Å². The van der Waals surface area contributed by atoms with Crippen LogP contribution in [0.3, 0.4) is 0 Å². The molecule has 1 fully saturated rings. The number of alkyl halides is 2. The van der Waals surface area contributed by atoms with Gasteiger partial charge in [0.15, 0.2) is 0 Å². The summed E-state index contributed by atoms with van der Waals surface area (Å²) in [5.74, 6) is 6.38. The minimum atomic E-state index is -3.10. The van der Waals surface area contributed by atoms with Crippen molar-refractivity contribution in [2.75, 3.05) is 20.1 Å². The third-order valence-electron chi connectivity index (χ3n) is 7.21. The summed E-state index contributed by atoms with van der Waals surface area (Å²) in [4.78, 5) is 21.4. The van der Waals surface area contributed by atoms with Gasteiger partial charge < -0.3 is 14.2 Å². The number of carbonyl (C=O) groups is 1. The summed E-state index contributed by atoms with van der Waals surface area (Å²) in [7, 11) is 0. The van der Waals surface area contributed by atoms with E-state index in [-0.39, 0.29) is 23.3 Å². The van der Waals surface area contributed by atoms with Gasteiger partial charge in [0.05, 0.1) is 23.1 Å². The number of hydrogen-bond acceptors (Lipinski definition) is 4. The molecule has 0 unspecified atom stereocenters. The third-order valence-corrected chi connectivity index (χ3v) is 7.21. The second-order valence-corrected chi connectivity index (χ2v) is 9.60. The van der Waals surface area contributed by atoms with Gasteiger partial charge in [0.2, 0.25) is 0 Å². The summed E-state index contributed by atoms with van der Waals surface area (Å²) < 4.78 is 57.7. The number of nitrogens with zero attached hydrogens (tertiary/aromatic N) is 4. The molecule has 4 heterocycles. The Morgan fingerprint density at radius 3 is 2.77 bits per heavy atom. The average molecular weight is 480 g/mol. The standard InChI is InChI=1S/C27H26F2N4O2/c1-15(2)32-13-17(14-32)8-7-16-9-10-19-20(11-16)33-21-12-22(25(33)30-19)31(3)26(34)18-5-4-6-23(24(18)21)35-27(28)29/h4-6,9-11,15,17,21-22,27H,12-14H2,1-3H3/t21-,22-/m1/s1/i3D3. The van der Waals surface area contributed by atoms with Gasteiger partial charge in [0.1, 0.15) is 11.6 Å². The molecule has 2 atom stereocenters. The molecule has 6 nitrogen and oxygen atoms in total. The maximum Gasteiger partial charge on any atom is 0.387 e. The van der Waals surface area contributed by atoms with Crippen LogP contribution < -0.4 is 4.74 Å². The van der Waals surface area contributed by atoms with E-state index in [9.17, 15) is 13.6 Å². The Morgan fingerprint density at radius 1 is 1.20 bits per heavy atom. The van der Waals surface area contributed by atoms with E-state index >= 15 is 0 Å². The van der Waals surface area contributed by atoms with E-state index in [0.29, 0.717) is 28.8 Å². The molecule has 3 aliphatic heterocycles. The normalized spacial score (nSPS) is 23.2. The van der Waals surface area contributed by atoms with Gasteiger partial charge in [0, 0.05) is 59.2 Å². The molecule has 6 rings (SSSR count). The number of halogens is 2. The number of likely N-dealkylation sites (tertiary alicyclic amines) is 1. The third kappa shape index (κ3) is 3.49. The highest BCUT2D eigenvalue weighted by Crippen LogP contribution is 2.49. The van der Waals surface area contributed by atoms with Crippen molar-refractivity contribution < 1.29 is 22.4 Å². The highest BCUT2D eigenvalue weighted by molar-refractivity contribution is 5.97. The van der Waals surface area contributed by atoms with E-state index < -0.39 is 31.6 Å². The van der Waals surface area contributed by atoms with Crippen molar-refractivity contribution in [2.45, 2.75) is 45.0 Å². The highest BCUT2D eigenvalue weighted by Gasteiger charge is 2.45. The van der Waals surface area contributed by atoms with E-state index in [0.717, 1.165) is 23.6 Å². The molecule has 1 aromatic heterocycles. The van der Waals surface area contributed by atoms with Gasteiger partial charge in [-0.2, -0.15) is 8.78 Å². The molecule has 3 aromatic rings. The van der Waals surface area contributed by atoms with Crippen LogP contribution in [0, 0.1) is 17.8 Å². The average Bonchev–Trinajstić information content (AvgIpc) is 3.29. The second kappa shape index (κ2) is 8.06. The molecule has 0 saturated carbocycles. The fourth-order valence-electron chi connectivity index (χ4n) is 5.40. The van der Waals surface area contributed by atoms with Crippen LogP contribution in [0.2, 0.25) is 0 Å². The van der Waals surface area contributed by atoms with Crippen LogP contribution in [-0.4, -0.2) is 58.0 Å². The fraction of sp³-hybridized carbons (Fsp3) is 0.407. The van der Waals surface area contributed by atoms with Crippen LogP contribution in [0.1, 0.15) is 63.8 Å². The van der Waals surface area contributed by atoms with Crippen LogP contribution in [0.15, 0.2) is 36.4 Å². The predicted octanol–water partition coefficient (Wildman–Crippen LogP) is 4.45. The summed E-state index contributed by atoms with van der Waals surface area (Å²) >= 11 is 0. The molecule has 2 aromatic carbocycles. The van der Waals surface area contributed by atoms with E-state index in [4.69, 9.17) is 13.8 Å². The first-order valence-corrected chi connectivity index (χ1v) is 11.7. The lowest BCUT2D eigenvalue weighted by Gasteiger charge is -2.39. The Kier molecular flexibility index (Phi) is 4.34. The summed E-state index contributed by atoms with van der Waals surface area (Å²) in [6, 6.07) is 8.87. The molecule has 0 N–H and O–H groups in total. The van der Waals surface area contributed by atoms with Gasteiger partial charge >= 0.3 is 6.61 Å². The summed E-state index contributed by atoms with van der Waals surface area (Å²) in [5.41, 5.74) is 2.38. The van der Waals surface area contributed by atoms with E-state index in [1.807, 2.05) is 22.8 Å². The number of amides is 1. The Balaban J connectivity index is 1.48. The number of hydrogen-bond donors (Lipinski definition) is 0. The molecule has 0 aliphatic carbocycles. The number of carbonyl (C=O) groups excluding carboxylic acids is 1. The topological polar surface area (TPSA) is 50.6 Å². The Labute approximate surface area is 206 Å². The minimum absolute atomic E-state index is 0.0370. The quantitative estimate of drug-likeness (QED) is 0.521. The van der Waals surface area contributed by atoms with E-state index in [2.05, 4.69) is 30.6 Å². The zero-order valence-electron chi connectivity index (χ0n) is 22.3. The summed E-state index contributed by atoms with van der Waals surface area (Å²) in [6.07, 6.45) is 0.183. The molecule has 0 radical (unpaired) electrons. The minimum Gasteiger partial charge on any atom is -0.434 e. The zero-order chi connectivity index (χ0) is 26.9. The molecule has 35 heavy (non-hydrogen) atoms. The molecule has 2 bridgehead atoms.